The molecule has 0 bridgehead atoms. The summed E-state index contributed by atoms with van der Waals surface area (Å²) >= 11 is 0. The SMILES string of the molecule is Cc1ccc([C@@H](CCC(=O)O)N2CCN(C(=O)c3ccc(C(C)(C)C)cc3)CC2)cc1. The first-order valence-electron chi connectivity index (χ1n) is 11.1. The van der Waals surface area contributed by atoms with Gasteiger partial charge in [-0.1, -0.05) is 62.7 Å². The maximum Gasteiger partial charge on any atom is 0.303 e. The molecular weight excluding hydrogens is 388 g/mol. The molecule has 1 aliphatic rings. The first-order chi connectivity index (χ1) is 14.6. The number of rotatable bonds is 6. The minimum Gasteiger partial charge on any atom is -0.481 e. The zero-order chi connectivity index (χ0) is 22.6. The first kappa shape index (κ1) is 23.0. The van der Waals surface area contributed by atoms with Crippen LogP contribution in [0, 0.1) is 6.92 Å². The van der Waals surface area contributed by atoms with E-state index in [0.29, 0.717) is 19.5 Å². The molecule has 0 aromatic heterocycles. The molecule has 5 heteroatoms. The molecular formula is C26H34N2O3. The molecule has 166 valence electrons. The Bertz CT molecular complexity index is 890. The molecule has 0 aliphatic carbocycles. The first-order valence-corrected chi connectivity index (χ1v) is 11.1. The van der Waals surface area contributed by atoms with E-state index >= 15 is 0 Å². The third-order valence-corrected chi connectivity index (χ3v) is 6.13. The lowest BCUT2D eigenvalue weighted by Crippen LogP contribution is -2.49. The summed E-state index contributed by atoms with van der Waals surface area (Å²) in [6, 6.07) is 16.3. The summed E-state index contributed by atoms with van der Waals surface area (Å²) in [5.41, 5.74) is 4.34. The van der Waals surface area contributed by atoms with Crippen molar-refractivity contribution in [3.8, 4) is 0 Å². The van der Waals surface area contributed by atoms with Crippen molar-refractivity contribution < 1.29 is 14.7 Å². The number of amides is 1. The van der Waals surface area contributed by atoms with Crippen LogP contribution in [0.4, 0.5) is 0 Å². The standard InChI is InChI=1S/C26H34N2O3/c1-19-5-7-20(8-6-19)23(13-14-24(29)30)27-15-17-28(18-16-27)25(31)21-9-11-22(12-10-21)26(2,3)4/h5-12,23H,13-18H2,1-4H3,(H,29,30)/t23-/m1/s1. The van der Waals surface area contributed by atoms with Crippen LogP contribution in [0.25, 0.3) is 0 Å². The van der Waals surface area contributed by atoms with Crippen LogP contribution in [-0.4, -0.2) is 53.0 Å². The number of carboxylic acid groups (broad SMARTS) is 1. The van der Waals surface area contributed by atoms with E-state index in [1.54, 1.807) is 0 Å². The van der Waals surface area contributed by atoms with E-state index < -0.39 is 5.97 Å². The fraction of sp³-hybridized carbons (Fsp3) is 0.462. The zero-order valence-corrected chi connectivity index (χ0v) is 19.1. The van der Waals surface area contributed by atoms with Gasteiger partial charge in [0.1, 0.15) is 0 Å². The third kappa shape index (κ3) is 5.95. The van der Waals surface area contributed by atoms with E-state index in [2.05, 4.69) is 56.9 Å². The quantitative estimate of drug-likeness (QED) is 0.736. The van der Waals surface area contributed by atoms with Gasteiger partial charge in [-0.15, -0.1) is 0 Å². The number of aryl methyl sites for hydroxylation is 1. The Labute approximate surface area is 185 Å². The fourth-order valence-corrected chi connectivity index (χ4v) is 4.14. The van der Waals surface area contributed by atoms with Crippen molar-refractivity contribution in [3.05, 3.63) is 70.8 Å². The molecule has 1 aliphatic heterocycles. The molecule has 1 atom stereocenters. The van der Waals surface area contributed by atoms with Gasteiger partial charge in [-0.05, 0) is 42.0 Å². The number of piperazine rings is 1. The van der Waals surface area contributed by atoms with Crippen LogP contribution in [0.3, 0.4) is 0 Å². The maximum absolute atomic E-state index is 13.0. The van der Waals surface area contributed by atoms with E-state index in [-0.39, 0.29) is 23.8 Å². The smallest absolute Gasteiger partial charge is 0.303 e. The number of nitrogens with zero attached hydrogens (tertiary/aromatic N) is 2. The van der Waals surface area contributed by atoms with E-state index in [0.717, 1.165) is 24.2 Å². The van der Waals surface area contributed by atoms with Crippen molar-refractivity contribution in [2.45, 2.75) is 52.0 Å². The van der Waals surface area contributed by atoms with Crippen LogP contribution in [0.1, 0.15) is 66.7 Å². The van der Waals surface area contributed by atoms with Crippen molar-refractivity contribution in [2.24, 2.45) is 0 Å². The number of carboxylic acids is 1. The lowest BCUT2D eigenvalue weighted by Gasteiger charge is -2.39. The monoisotopic (exact) mass is 422 g/mol. The topological polar surface area (TPSA) is 60.9 Å². The van der Waals surface area contributed by atoms with Gasteiger partial charge in [-0.2, -0.15) is 0 Å². The second kappa shape index (κ2) is 9.65. The molecule has 31 heavy (non-hydrogen) atoms. The molecule has 2 aromatic rings. The van der Waals surface area contributed by atoms with Gasteiger partial charge >= 0.3 is 5.97 Å². The van der Waals surface area contributed by atoms with Crippen molar-refractivity contribution >= 4 is 11.9 Å². The molecule has 2 aromatic carbocycles. The number of hydrogen-bond donors (Lipinski definition) is 1. The van der Waals surface area contributed by atoms with E-state index in [4.69, 9.17) is 0 Å². The molecule has 1 heterocycles. The molecule has 1 N–H and O–H groups in total. The summed E-state index contributed by atoms with van der Waals surface area (Å²) in [6.07, 6.45) is 0.707. The Balaban J connectivity index is 1.66. The Morgan fingerprint density at radius 3 is 2.03 bits per heavy atom. The van der Waals surface area contributed by atoms with Crippen molar-refractivity contribution in [2.75, 3.05) is 26.2 Å². The van der Waals surface area contributed by atoms with Crippen LogP contribution in [-0.2, 0) is 10.2 Å². The lowest BCUT2D eigenvalue weighted by molar-refractivity contribution is -0.137. The summed E-state index contributed by atoms with van der Waals surface area (Å²) in [7, 11) is 0. The van der Waals surface area contributed by atoms with Gasteiger partial charge in [-0.25, -0.2) is 0 Å². The predicted molar refractivity (Wildman–Crippen MR) is 123 cm³/mol. The van der Waals surface area contributed by atoms with Gasteiger partial charge in [0, 0.05) is 44.2 Å². The summed E-state index contributed by atoms with van der Waals surface area (Å²) < 4.78 is 0. The van der Waals surface area contributed by atoms with Gasteiger partial charge in [0.15, 0.2) is 0 Å². The molecule has 0 radical (unpaired) electrons. The predicted octanol–water partition coefficient (Wildman–Crippen LogP) is 4.66. The second-order valence-electron chi connectivity index (χ2n) is 9.51. The molecule has 0 unspecified atom stereocenters. The highest BCUT2D eigenvalue weighted by atomic mass is 16.4. The molecule has 0 saturated carbocycles. The van der Waals surface area contributed by atoms with Crippen LogP contribution in [0.5, 0.6) is 0 Å². The molecule has 1 amide bonds. The van der Waals surface area contributed by atoms with Crippen LogP contribution in [0.15, 0.2) is 48.5 Å². The van der Waals surface area contributed by atoms with Crippen molar-refractivity contribution in [1.29, 1.82) is 0 Å². The number of carbonyl (C=O) groups is 2. The van der Waals surface area contributed by atoms with Crippen LogP contribution >= 0.6 is 0 Å². The number of hydrogen-bond acceptors (Lipinski definition) is 3. The van der Waals surface area contributed by atoms with Crippen molar-refractivity contribution in [3.63, 3.8) is 0 Å². The Kier molecular flexibility index (Phi) is 7.16. The molecule has 1 saturated heterocycles. The van der Waals surface area contributed by atoms with Gasteiger partial charge in [-0.3, -0.25) is 14.5 Å². The Morgan fingerprint density at radius 2 is 1.52 bits per heavy atom. The molecule has 5 nitrogen and oxygen atoms in total. The zero-order valence-electron chi connectivity index (χ0n) is 19.1. The summed E-state index contributed by atoms with van der Waals surface area (Å²) in [6.45, 7) is 11.3. The van der Waals surface area contributed by atoms with Crippen molar-refractivity contribution in [1.82, 2.24) is 9.80 Å². The Hall–Kier alpha value is -2.66. The highest BCUT2D eigenvalue weighted by Gasteiger charge is 2.28. The average molecular weight is 423 g/mol. The molecule has 3 rings (SSSR count). The summed E-state index contributed by atoms with van der Waals surface area (Å²) in [4.78, 5) is 28.4. The van der Waals surface area contributed by atoms with Gasteiger partial charge < -0.3 is 10.0 Å². The summed E-state index contributed by atoms with van der Waals surface area (Å²) in [5.74, 6) is -0.706. The molecule has 0 spiro atoms. The number of benzene rings is 2. The van der Waals surface area contributed by atoms with E-state index in [1.807, 2.05) is 29.2 Å². The van der Waals surface area contributed by atoms with Gasteiger partial charge in [0.2, 0.25) is 0 Å². The number of carbonyl (C=O) groups excluding carboxylic acids is 1. The fourth-order valence-electron chi connectivity index (χ4n) is 4.14. The molecule has 1 fully saturated rings. The van der Waals surface area contributed by atoms with Gasteiger partial charge in [0.05, 0.1) is 0 Å². The van der Waals surface area contributed by atoms with Gasteiger partial charge in [0.25, 0.3) is 5.91 Å². The van der Waals surface area contributed by atoms with E-state index in [1.165, 1.54) is 11.1 Å². The highest BCUT2D eigenvalue weighted by molar-refractivity contribution is 5.94. The average Bonchev–Trinajstić information content (AvgIpc) is 2.74. The van der Waals surface area contributed by atoms with E-state index in [9.17, 15) is 14.7 Å². The number of aliphatic carboxylic acids is 1. The second-order valence-corrected chi connectivity index (χ2v) is 9.51. The Morgan fingerprint density at radius 1 is 0.935 bits per heavy atom. The third-order valence-electron chi connectivity index (χ3n) is 6.13. The largest absolute Gasteiger partial charge is 0.481 e. The minimum atomic E-state index is -0.773. The minimum absolute atomic E-state index is 0.0556. The van der Waals surface area contributed by atoms with Crippen LogP contribution < -0.4 is 0 Å². The summed E-state index contributed by atoms with van der Waals surface area (Å²) in [5, 5.41) is 9.19. The maximum atomic E-state index is 13.0. The highest BCUT2D eigenvalue weighted by Crippen LogP contribution is 2.28. The normalized spacial score (nSPS) is 16.2. The van der Waals surface area contributed by atoms with Crippen LogP contribution in [0.2, 0.25) is 0 Å². The lowest BCUT2D eigenvalue weighted by atomic mass is 9.86.